The zero-order chi connectivity index (χ0) is 17.2. The van der Waals surface area contributed by atoms with Crippen molar-refractivity contribution in [3.8, 4) is 22.8 Å². The Morgan fingerprint density at radius 1 is 1.12 bits per heavy atom. The highest BCUT2D eigenvalue weighted by Crippen LogP contribution is 2.29. The summed E-state index contributed by atoms with van der Waals surface area (Å²) in [4.78, 5) is 8.87. The van der Waals surface area contributed by atoms with Crippen molar-refractivity contribution in [2.45, 2.75) is 20.0 Å². The van der Waals surface area contributed by atoms with E-state index in [2.05, 4.69) is 15.1 Å². The zero-order valence-corrected chi connectivity index (χ0v) is 14.4. The first-order valence-electron chi connectivity index (χ1n) is 7.66. The number of benzene rings is 1. The maximum absolute atomic E-state index is 11.5. The largest absolute Gasteiger partial charge is 0.326 e. The summed E-state index contributed by atoms with van der Waals surface area (Å²) >= 11 is 0. The van der Waals surface area contributed by atoms with Crippen LogP contribution >= 0.6 is 0 Å². The van der Waals surface area contributed by atoms with Crippen molar-refractivity contribution >= 4 is 9.84 Å². The van der Waals surface area contributed by atoms with Gasteiger partial charge in [0, 0.05) is 24.9 Å². The molecular weight excluding hydrogens is 326 g/mol. The molecule has 0 aliphatic carbocycles. The van der Waals surface area contributed by atoms with Gasteiger partial charge in [-0.15, -0.1) is 0 Å². The summed E-state index contributed by atoms with van der Waals surface area (Å²) in [6.07, 6.45) is 4.40. The van der Waals surface area contributed by atoms with Gasteiger partial charge in [-0.1, -0.05) is 30.3 Å². The molecule has 0 bridgehead atoms. The van der Waals surface area contributed by atoms with E-state index in [1.807, 2.05) is 41.8 Å². The topological polar surface area (TPSA) is 82.7 Å². The van der Waals surface area contributed by atoms with Crippen molar-refractivity contribution in [2.24, 2.45) is 0 Å². The SMILES string of the molecule is CCn1ncnc1-c1c(-c2ccccc2)ncn1CCS(C)(=O)=O. The van der Waals surface area contributed by atoms with Crippen LogP contribution in [-0.2, 0) is 22.9 Å². The first-order valence-corrected chi connectivity index (χ1v) is 9.72. The van der Waals surface area contributed by atoms with Crippen LogP contribution in [0.15, 0.2) is 43.0 Å². The van der Waals surface area contributed by atoms with Crippen molar-refractivity contribution < 1.29 is 8.42 Å². The van der Waals surface area contributed by atoms with E-state index in [1.54, 1.807) is 11.0 Å². The first kappa shape index (κ1) is 16.4. The molecule has 0 unspecified atom stereocenters. The van der Waals surface area contributed by atoms with Gasteiger partial charge in [0.25, 0.3) is 0 Å². The molecule has 0 saturated heterocycles. The smallest absolute Gasteiger partial charge is 0.177 e. The lowest BCUT2D eigenvalue weighted by Gasteiger charge is -2.10. The third-order valence-corrected chi connectivity index (χ3v) is 4.64. The van der Waals surface area contributed by atoms with Gasteiger partial charge in [-0.3, -0.25) is 0 Å². The van der Waals surface area contributed by atoms with Crippen LogP contribution in [0.2, 0.25) is 0 Å². The summed E-state index contributed by atoms with van der Waals surface area (Å²) in [6, 6.07) is 9.77. The Kier molecular flexibility index (Phi) is 4.48. The lowest BCUT2D eigenvalue weighted by Crippen LogP contribution is -2.13. The second kappa shape index (κ2) is 6.56. The number of aromatic nitrogens is 5. The summed E-state index contributed by atoms with van der Waals surface area (Å²) in [5, 5.41) is 4.22. The molecule has 1 aromatic carbocycles. The fraction of sp³-hybridized carbons (Fsp3) is 0.312. The average Bonchev–Trinajstić information content (AvgIpc) is 3.18. The quantitative estimate of drug-likeness (QED) is 0.681. The summed E-state index contributed by atoms with van der Waals surface area (Å²) in [6.45, 7) is 2.98. The van der Waals surface area contributed by atoms with Crippen molar-refractivity contribution in [3.05, 3.63) is 43.0 Å². The van der Waals surface area contributed by atoms with Gasteiger partial charge >= 0.3 is 0 Å². The molecule has 3 aromatic rings. The predicted molar refractivity (Wildman–Crippen MR) is 92.1 cm³/mol. The highest BCUT2D eigenvalue weighted by atomic mass is 32.2. The number of nitrogens with zero attached hydrogens (tertiary/aromatic N) is 5. The second-order valence-electron chi connectivity index (χ2n) is 5.53. The van der Waals surface area contributed by atoms with Gasteiger partial charge in [0.05, 0.1) is 17.8 Å². The Hall–Kier alpha value is -2.48. The van der Waals surface area contributed by atoms with Crippen LogP contribution in [-0.4, -0.2) is 44.7 Å². The van der Waals surface area contributed by atoms with E-state index in [4.69, 9.17) is 0 Å². The number of rotatable bonds is 6. The number of imidazole rings is 1. The number of aryl methyl sites for hydroxylation is 2. The molecule has 7 nitrogen and oxygen atoms in total. The summed E-state index contributed by atoms with van der Waals surface area (Å²) in [7, 11) is -3.07. The average molecular weight is 345 g/mol. The van der Waals surface area contributed by atoms with Gasteiger partial charge in [-0.2, -0.15) is 5.10 Å². The van der Waals surface area contributed by atoms with E-state index in [9.17, 15) is 8.42 Å². The fourth-order valence-corrected chi connectivity index (χ4v) is 3.06. The van der Waals surface area contributed by atoms with E-state index >= 15 is 0 Å². The van der Waals surface area contributed by atoms with Gasteiger partial charge in [0.15, 0.2) is 5.82 Å². The maximum Gasteiger partial charge on any atom is 0.177 e. The van der Waals surface area contributed by atoms with Crippen LogP contribution in [0.1, 0.15) is 6.92 Å². The van der Waals surface area contributed by atoms with Gasteiger partial charge < -0.3 is 4.57 Å². The molecular formula is C16H19N5O2S. The van der Waals surface area contributed by atoms with Crippen LogP contribution in [0.4, 0.5) is 0 Å². The zero-order valence-electron chi connectivity index (χ0n) is 13.6. The van der Waals surface area contributed by atoms with Crippen LogP contribution in [0.25, 0.3) is 22.8 Å². The third-order valence-electron chi connectivity index (χ3n) is 3.71. The lowest BCUT2D eigenvalue weighted by molar-refractivity contribution is 0.594. The minimum absolute atomic E-state index is 0.0465. The summed E-state index contributed by atoms with van der Waals surface area (Å²) in [5.74, 6) is 0.729. The van der Waals surface area contributed by atoms with Crippen LogP contribution in [0, 0.1) is 0 Å². The Labute approximate surface area is 140 Å². The Bertz CT molecular complexity index is 929. The molecule has 126 valence electrons. The molecule has 0 radical (unpaired) electrons. The lowest BCUT2D eigenvalue weighted by atomic mass is 10.1. The molecule has 24 heavy (non-hydrogen) atoms. The second-order valence-corrected chi connectivity index (χ2v) is 7.79. The summed E-state index contributed by atoms with van der Waals surface area (Å²) < 4.78 is 26.7. The highest BCUT2D eigenvalue weighted by Gasteiger charge is 2.20. The van der Waals surface area contributed by atoms with E-state index in [-0.39, 0.29) is 5.75 Å². The first-order chi connectivity index (χ1) is 11.5. The number of sulfone groups is 1. The third kappa shape index (κ3) is 3.38. The number of hydrogen-bond donors (Lipinski definition) is 0. The molecule has 0 saturated carbocycles. The van der Waals surface area contributed by atoms with Crippen molar-refractivity contribution in [2.75, 3.05) is 12.0 Å². The van der Waals surface area contributed by atoms with Gasteiger partial charge in [0.2, 0.25) is 0 Å². The monoisotopic (exact) mass is 345 g/mol. The number of hydrogen-bond acceptors (Lipinski definition) is 5. The van der Waals surface area contributed by atoms with E-state index in [0.717, 1.165) is 17.0 Å². The van der Waals surface area contributed by atoms with Gasteiger partial charge in [0.1, 0.15) is 21.9 Å². The Morgan fingerprint density at radius 3 is 2.54 bits per heavy atom. The van der Waals surface area contributed by atoms with E-state index in [0.29, 0.717) is 18.9 Å². The van der Waals surface area contributed by atoms with Crippen LogP contribution < -0.4 is 0 Å². The molecule has 0 amide bonds. The van der Waals surface area contributed by atoms with E-state index in [1.165, 1.54) is 12.6 Å². The van der Waals surface area contributed by atoms with Crippen LogP contribution in [0.3, 0.4) is 0 Å². The predicted octanol–water partition coefficient (Wildman–Crippen LogP) is 1.87. The van der Waals surface area contributed by atoms with Crippen molar-refractivity contribution in [1.29, 1.82) is 0 Å². The van der Waals surface area contributed by atoms with Crippen molar-refractivity contribution in [3.63, 3.8) is 0 Å². The minimum atomic E-state index is -3.07. The highest BCUT2D eigenvalue weighted by molar-refractivity contribution is 7.90. The molecule has 0 aliphatic rings. The molecule has 0 aliphatic heterocycles. The Morgan fingerprint density at radius 2 is 1.88 bits per heavy atom. The van der Waals surface area contributed by atoms with Crippen LogP contribution in [0.5, 0.6) is 0 Å². The normalized spacial score (nSPS) is 11.8. The fourth-order valence-electron chi connectivity index (χ4n) is 2.54. The van der Waals surface area contributed by atoms with E-state index < -0.39 is 9.84 Å². The van der Waals surface area contributed by atoms with Gasteiger partial charge in [-0.25, -0.2) is 23.1 Å². The molecule has 0 atom stereocenters. The minimum Gasteiger partial charge on any atom is -0.326 e. The molecule has 2 aromatic heterocycles. The maximum atomic E-state index is 11.5. The molecule has 0 spiro atoms. The van der Waals surface area contributed by atoms with Crippen molar-refractivity contribution in [1.82, 2.24) is 24.3 Å². The van der Waals surface area contributed by atoms with Gasteiger partial charge in [-0.05, 0) is 6.92 Å². The molecule has 2 heterocycles. The molecule has 3 rings (SSSR count). The molecule has 8 heteroatoms. The summed E-state index contributed by atoms with van der Waals surface area (Å²) in [5.41, 5.74) is 2.51. The Balaban J connectivity index is 2.12. The molecule has 0 fully saturated rings. The standard InChI is InChI=1S/C16H19N5O2S/c1-3-21-16(17-11-19-21)15-14(13-7-5-4-6-8-13)18-12-20(15)9-10-24(2,22)23/h4-8,11-12H,3,9-10H2,1-2H3. The molecule has 0 N–H and O–H groups in total.